The van der Waals surface area contributed by atoms with E-state index in [4.69, 9.17) is 4.98 Å². The molecule has 5 rings (SSSR count). The number of halogens is 3. The Hall–Kier alpha value is -4.21. The molecule has 0 aliphatic heterocycles. The van der Waals surface area contributed by atoms with Gasteiger partial charge in [0.05, 0.1) is 18.9 Å². The van der Waals surface area contributed by atoms with E-state index in [0.717, 1.165) is 27.5 Å². The lowest BCUT2D eigenvalue weighted by molar-refractivity contribution is -0.143. The lowest BCUT2D eigenvalue weighted by Crippen LogP contribution is -2.17. The predicted molar refractivity (Wildman–Crippen MR) is 130 cm³/mol. The first-order valence-corrected chi connectivity index (χ1v) is 11.4. The number of fused-ring (bicyclic) bond motifs is 1. The van der Waals surface area contributed by atoms with Crippen LogP contribution in [0.4, 0.5) is 13.2 Å². The van der Waals surface area contributed by atoms with Crippen LogP contribution in [-0.4, -0.2) is 29.1 Å². The van der Waals surface area contributed by atoms with E-state index >= 15 is 0 Å². The van der Waals surface area contributed by atoms with E-state index in [-0.39, 0.29) is 24.0 Å². The first-order valence-electron chi connectivity index (χ1n) is 11.4. The molecule has 2 aromatic carbocycles. The zero-order chi connectivity index (χ0) is 25.6. The van der Waals surface area contributed by atoms with Crippen molar-refractivity contribution in [2.24, 2.45) is 7.05 Å². The minimum absolute atomic E-state index is 0.208. The Morgan fingerprint density at radius 3 is 2.39 bits per heavy atom. The van der Waals surface area contributed by atoms with Crippen LogP contribution < -0.4 is 5.69 Å². The van der Waals surface area contributed by atoms with Crippen LogP contribution in [0.2, 0.25) is 0 Å². The maximum Gasteiger partial charge on any atom is 0.433 e. The fourth-order valence-corrected chi connectivity index (χ4v) is 4.31. The van der Waals surface area contributed by atoms with Crippen molar-refractivity contribution >= 4 is 11.2 Å². The molecule has 3 aromatic heterocycles. The van der Waals surface area contributed by atoms with Gasteiger partial charge < -0.3 is 9.55 Å². The van der Waals surface area contributed by atoms with Crippen LogP contribution in [0.25, 0.3) is 33.9 Å². The van der Waals surface area contributed by atoms with Gasteiger partial charge in [0.1, 0.15) is 17.0 Å². The molecule has 0 unspecified atom stereocenters. The first-order chi connectivity index (χ1) is 17.1. The monoisotopic (exact) mass is 492 g/mol. The highest BCUT2D eigenvalue weighted by atomic mass is 19.4. The van der Waals surface area contributed by atoms with E-state index in [9.17, 15) is 18.0 Å². The van der Waals surface area contributed by atoms with Crippen molar-refractivity contribution in [3.8, 4) is 22.8 Å². The lowest BCUT2D eigenvalue weighted by Gasteiger charge is -2.12. The standard InChI is InChI=1S/C26H23F3N6O/c1-15(2)18-6-4-5-7-19(18)22-30-12-20-24(33-22)35(25(36)32-20)14-16-8-10-17(11-9-16)23-31-13-21(34(23)3)26(27,28)29/h4-13,15H,14H2,1-3H3,(H,32,36). The molecule has 10 heteroatoms. The summed E-state index contributed by atoms with van der Waals surface area (Å²) in [5.74, 6) is 1.02. The van der Waals surface area contributed by atoms with Gasteiger partial charge in [-0.05, 0) is 17.0 Å². The zero-order valence-corrected chi connectivity index (χ0v) is 19.8. The number of benzene rings is 2. The highest BCUT2D eigenvalue weighted by molar-refractivity contribution is 5.74. The summed E-state index contributed by atoms with van der Waals surface area (Å²) < 4.78 is 41.9. The zero-order valence-electron chi connectivity index (χ0n) is 19.8. The maximum atomic E-state index is 13.1. The van der Waals surface area contributed by atoms with Crippen LogP contribution in [0.15, 0.2) is 65.7 Å². The first kappa shape index (κ1) is 23.5. The molecule has 0 aliphatic carbocycles. The molecule has 5 aromatic rings. The quantitative estimate of drug-likeness (QED) is 0.357. The number of aromatic amines is 1. The van der Waals surface area contributed by atoms with Gasteiger partial charge >= 0.3 is 11.9 Å². The molecule has 184 valence electrons. The largest absolute Gasteiger partial charge is 0.433 e. The number of aromatic nitrogens is 6. The van der Waals surface area contributed by atoms with Crippen molar-refractivity contribution in [2.45, 2.75) is 32.5 Å². The van der Waals surface area contributed by atoms with Crippen molar-refractivity contribution in [1.29, 1.82) is 0 Å². The molecule has 0 saturated heterocycles. The van der Waals surface area contributed by atoms with Crippen LogP contribution in [0.3, 0.4) is 0 Å². The molecule has 0 spiro atoms. The molecule has 0 aliphatic rings. The minimum atomic E-state index is -4.48. The summed E-state index contributed by atoms with van der Waals surface area (Å²) >= 11 is 0. The third-order valence-corrected chi connectivity index (χ3v) is 6.17. The second-order valence-corrected chi connectivity index (χ2v) is 8.91. The van der Waals surface area contributed by atoms with Crippen molar-refractivity contribution in [3.63, 3.8) is 0 Å². The van der Waals surface area contributed by atoms with Gasteiger partial charge in [-0.1, -0.05) is 62.4 Å². The van der Waals surface area contributed by atoms with Crippen molar-refractivity contribution in [3.05, 3.63) is 88.2 Å². The third kappa shape index (κ3) is 4.19. The summed E-state index contributed by atoms with van der Waals surface area (Å²) in [5, 5.41) is 0. The van der Waals surface area contributed by atoms with Crippen molar-refractivity contribution in [2.75, 3.05) is 0 Å². The molecule has 0 fully saturated rings. The third-order valence-electron chi connectivity index (χ3n) is 6.17. The van der Waals surface area contributed by atoms with Crippen LogP contribution >= 0.6 is 0 Å². The van der Waals surface area contributed by atoms with Gasteiger partial charge in [0.25, 0.3) is 0 Å². The highest BCUT2D eigenvalue weighted by Crippen LogP contribution is 2.32. The van der Waals surface area contributed by atoms with E-state index in [2.05, 4.69) is 28.8 Å². The number of nitrogens with one attached hydrogen (secondary N) is 1. The summed E-state index contributed by atoms with van der Waals surface area (Å²) in [6.45, 7) is 4.43. The number of alkyl halides is 3. The second-order valence-electron chi connectivity index (χ2n) is 8.91. The summed E-state index contributed by atoms with van der Waals surface area (Å²) in [7, 11) is 1.33. The SMILES string of the molecule is CC(C)c1ccccc1-c1ncc2[nH]c(=O)n(Cc3ccc(-c4ncc(C(F)(F)F)n4C)cc3)c2n1. The number of H-pyrrole nitrogens is 1. The topological polar surface area (TPSA) is 81.4 Å². The Morgan fingerprint density at radius 1 is 1.00 bits per heavy atom. The Kier molecular flexibility index (Phi) is 5.74. The average Bonchev–Trinajstić information content (AvgIpc) is 3.38. The van der Waals surface area contributed by atoms with Crippen molar-refractivity contribution in [1.82, 2.24) is 29.1 Å². The van der Waals surface area contributed by atoms with Gasteiger partial charge in [-0.15, -0.1) is 0 Å². The molecular formula is C26H23F3N6O. The van der Waals surface area contributed by atoms with E-state index in [0.29, 0.717) is 22.6 Å². The Morgan fingerprint density at radius 2 is 1.72 bits per heavy atom. The Bertz CT molecular complexity index is 1610. The summed E-state index contributed by atoms with van der Waals surface area (Å²) in [6.07, 6.45) is -2.05. The molecule has 0 bridgehead atoms. The van der Waals surface area contributed by atoms with Crippen molar-refractivity contribution < 1.29 is 13.2 Å². The van der Waals surface area contributed by atoms with Gasteiger partial charge in [-0.25, -0.2) is 19.7 Å². The van der Waals surface area contributed by atoms with Crippen LogP contribution in [0.1, 0.15) is 36.6 Å². The molecule has 7 nitrogen and oxygen atoms in total. The predicted octanol–water partition coefficient (Wildman–Crippen LogP) is 5.38. The fourth-order valence-electron chi connectivity index (χ4n) is 4.31. The maximum absolute atomic E-state index is 13.1. The molecule has 36 heavy (non-hydrogen) atoms. The second kappa shape index (κ2) is 8.78. The molecule has 1 N–H and O–H groups in total. The Balaban J connectivity index is 1.48. The van der Waals surface area contributed by atoms with Crippen LogP contribution in [0, 0.1) is 0 Å². The van der Waals surface area contributed by atoms with Gasteiger partial charge in [0.2, 0.25) is 0 Å². The van der Waals surface area contributed by atoms with E-state index in [1.807, 2.05) is 24.3 Å². The summed E-state index contributed by atoms with van der Waals surface area (Å²) in [5.41, 5.74) is 3.21. The number of nitrogens with zero attached hydrogens (tertiary/aromatic N) is 5. The number of hydrogen-bond donors (Lipinski definition) is 1. The molecule has 0 atom stereocenters. The molecule has 0 saturated carbocycles. The van der Waals surface area contributed by atoms with Gasteiger partial charge in [0.15, 0.2) is 11.5 Å². The average molecular weight is 493 g/mol. The van der Waals surface area contributed by atoms with Gasteiger partial charge in [-0.2, -0.15) is 13.2 Å². The highest BCUT2D eigenvalue weighted by Gasteiger charge is 2.35. The number of imidazole rings is 2. The van der Waals surface area contributed by atoms with E-state index in [1.54, 1.807) is 30.5 Å². The lowest BCUT2D eigenvalue weighted by atomic mass is 9.97. The number of hydrogen-bond acceptors (Lipinski definition) is 4. The normalized spacial score (nSPS) is 12.1. The van der Waals surface area contributed by atoms with Gasteiger partial charge in [-0.3, -0.25) is 4.57 Å². The van der Waals surface area contributed by atoms with Crippen LogP contribution in [0.5, 0.6) is 0 Å². The fraction of sp³-hybridized carbons (Fsp3) is 0.231. The summed E-state index contributed by atoms with van der Waals surface area (Å²) in [6, 6.07) is 14.8. The van der Waals surface area contributed by atoms with E-state index < -0.39 is 11.9 Å². The molecule has 0 amide bonds. The summed E-state index contributed by atoms with van der Waals surface area (Å²) in [4.78, 5) is 28.6. The molecular weight excluding hydrogens is 469 g/mol. The smallest absolute Gasteiger partial charge is 0.324 e. The van der Waals surface area contributed by atoms with Crippen LogP contribution in [-0.2, 0) is 19.8 Å². The minimum Gasteiger partial charge on any atom is -0.324 e. The molecule has 3 heterocycles. The van der Waals surface area contributed by atoms with E-state index in [1.165, 1.54) is 11.6 Å². The van der Waals surface area contributed by atoms with Gasteiger partial charge in [0, 0.05) is 18.2 Å². The Labute approximate surface area is 204 Å². The number of rotatable bonds is 5. The molecule has 0 radical (unpaired) electrons.